The molecule has 1 saturated heterocycles. The number of nitrogens with zero attached hydrogens (tertiary/aromatic N) is 3. The van der Waals surface area contributed by atoms with E-state index in [1.54, 1.807) is 0 Å². The predicted molar refractivity (Wildman–Crippen MR) is 71.5 cm³/mol. The second-order valence-electron chi connectivity index (χ2n) is 5.12. The molecule has 1 aliphatic rings. The van der Waals surface area contributed by atoms with Gasteiger partial charge in [0.25, 0.3) is 0 Å². The van der Waals surface area contributed by atoms with Gasteiger partial charge in [-0.05, 0) is 24.8 Å². The van der Waals surface area contributed by atoms with E-state index in [0.717, 1.165) is 31.5 Å². The molecule has 4 nitrogen and oxygen atoms in total. The molecule has 0 radical (unpaired) electrons. The maximum atomic E-state index is 13.4. The van der Waals surface area contributed by atoms with Crippen molar-refractivity contribution in [3.63, 3.8) is 0 Å². The van der Waals surface area contributed by atoms with Crippen LogP contribution in [-0.4, -0.2) is 34.8 Å². The van der Waals surface area contributed by atoms with Crippen LogP contribution in [0.15, 0.2) is 18.5 Å². The van der Waals surface area contributed by atoms with Crippen LogP contribution >= 0.6 is 0 Å². The van der Waals surface area contributed by atoms with E-state index in [1.165, 1.54) is 6.33 Å². The van der Waals surface area contributed by atoms with Gasteiger partial charge in [0.1, 0.15) is 12.1 Å². The van der Waals surface area contributed by atoms with Crippen LogP contribution in [0.4, 0.5) is 14.6 Å². The second kappa shape index (κ2) is 5.28. The molecule has 2 aromatic rings. The fourth-order valence-electron chi connectivity index (χ4n) is 2.70. The Kier molecular flexibility index (Phi) is 3.48. The third-order valence-electron chi connectivity index (χ3n) is 3.73. The molecule has 1 atom stereocenters. The number of aromatic nitrogens is 2. The largest absolute Gasteiger partial charge is 0.396 e. The van der Waals surface area contributed by atoms with Crippen molar-refractivity contribution in [1.82, 2.24) is 9.97 Å². The molecule has 0 unspecified atom stereocenters. The Balaban J connectivity index is 2.04. The third kappa shape index (κ3) is 2.31. The van der Waals surface area contributed by atoms with Gasteiger partial charge in [0.15, 0.2) is 11.6 Å². The molecule has 0 aliphatic carbocycles. The van der Waals surface area contributed by atoms with E-state index >= 15 is 0 Å². The molecule has 0 amide bonds. The molecule has 0 spiro atoms. The van der Waals surface area contributed by atoms with Crippen molar-refractivity contribution in [2.75, 3.05) is 24.6 Å². The fourth-order valence-corrected chi connectivity index (χ4v) is 2.70. The molecule has 0 bridgehead atoms. The molecule has 3 rings (SSSR count). The minimum absolute atomic E-state index is 0.127. The van der Waals surface area contributed by atoms with Crippen LogP contribution in [0.3, 0.4) is 0 Å². The van der Waals surface area contributed by atoms with E-state index in [-0.39, 0.29) is 12.5 Å². The van der Waals surface area contributed by atoms with Gasteiger partial charge >= 0.3 is 0 Å². The van der Waals surface area contributed by atoms with Crippen LogP contribution in [0, 0.1) is 17.6 Å². The molecule has 6 heteroatoms. The number of halogens is 2. The summed E-state index contributed by atoms with van der Waals surface area (Å²) in [5.41, 5.74) is 0.389. The van der Waals surface area contributed by atoms with E-state index in [0.29, 0.717) is 23.3 Å². The lowest BCUT2D eigenvalue weighted by Crippen LogP contribution is -2.37. The fraction of sp³-hybridized carbons (Fsp3) is 0.429. The number of aliphatic hydroxyl groups excluding tert-OH is 1. The van der Waals surface area contributed by atoms with Crippen molar-refractivity contribution in [1.29, 1.82) is 0 Å². The highest BCUT2D eigenvalue weighted by Gasteiger charge is 2.22. The minimum Gasteiger partial charge on any atom is -0.396 e. The zero-order chi connectivity index (χ0) is 14.1. The SMILES string of the molecule is OC[C@@H]1CCCN(c2ncnc3cc(F)c(F)cc23)C1. The Morgan fingerprint density at radius 3 is 2.85 bits per heavy atom. The number of anilines is 1. The Morgan fingerprint density at radius 1 is 1.25 bits per heavy atom. The van der Waals surface area contributed by atoms with Crippen LogP contribution < -0.4 is 4.90 Å². The lowest BCUT2D eigenvalue weighted by Gasteiger charge is -2.33. The van der Waals surface area contributed by atoms with Crippen molar-refractivity contribution in [3.05, 3.63) is 30.1 Å². The Bertz CT molecular complexity index is 635. The summed E-state index contributed by atoms with van der Waals surface area (Å²) in [6.45, 7) is 1.59. The molecular weight excluding hydrogens is 264 g/mol. The molecule has 1 fully saturated rings. The first-order chi connectivity index (χ1) is 9.69. The van der Waals surface area contributed by atoms with Crippen LogP contribution in [-0.2, 0) is 0 Å². The summed E-state index contributed by atoms with van der Waals surface area (Å²) in [6, 6.07) is 2.23. The monoisotopic (exact) mass is 279 g/mol. The van der Waals surface area contributed by atoms with Gasteiger partial charge in [0, 0.05) is 31.1 Å². The van der Waals surface area contributed by atoms with Gasteiger partial charge in [-0.1, -0.05) is 0 Å². The minimum atomic E-state index is -0.908. The summed E-state index contributed by atoms with van der Waals surface area (Å²) in [6.07, 6.45) is 3.27. The number of piperidine rings is 1. The number of fused-ring (bicyclic) bond motifs is 1. The first kappa shape index (κ1) is 13.2. The zero-order valence-electron chi connectivity index (χ0n) is 10.9. The molecule has 20 heavy (non-hydrogen) atoms. The number of rotatable bonds is 2. The number of aliphatic hydroxyl groups is 1. The van der Waals surface area contributed by atoms with Crippen molar-refractivity contribution in [2.45, 2.75) is 12.8 Å². The highest BCUT2D eigenvalue weighted by atomic mass is 19.2. The van der Waals surface area contributed by atoms with E-state index in [4.69, 9.17) is 0 Å². The molecule has 1 aromatic carbocycles. The molecule has 2 heterocycles. The molecule has 1 N–H and O–H groups in total. The van der Waals surface area contributed by atoms with Crippen LogP contribution in [0.2, 0.25) is 0 Å². The maximum Gasteiger partial charge on any atom is 0.161 e. The molecular formula is C14H15F2N3O. The summed E-state index contributed by atoms with van der Waals surface area (Å²) in [5.74, 6) is -1.01. The first-order valence-electron chi connectivity index (χ1n) is 6.64. The van der Waals surface area contributed by atoms with Crippen LogP contribution in [0.25, 0.3) is 10.9 Å². The van der Waals surface area contributed by atoms with Crippen molar-refractivity contribution < 1.29 is 13.9 Å². The average molecular weight is 279 g/mol. The maximum absolute atomic E-state index is 13.4. The summed E-state index contributed by atoms with van der Waals surface area (Å²) >= 11 is 0. The second-order valence-corrected chi connectivity index (χ2v) is 5.12. The summed E-state index contributed by atoms with van der Waals surface area (Å²) in [7, 11) is 0. The summed E-state index contributed by atoms with van der Waals surface area (Å²) in [5, 5.41) is 9.79. The van der Waals surface area contributed by atoms with Crippen LogP contribution in [0.5, 0.6) is 0 Å². The smallest absolute Gasteiger partial charge is 0.161 e. The Labute approximate surface area is 115 Å². The van der Waals surface area contributed by atoms with Crippen molar-refractivity contribution in [3.8, 4) is 0 Å². The number of hydrogen-bond donors (Lipinski definition) is 1. The number of benzene rings is 1. The van der Waals surface area contributed by atoms with Crippen LogP contribution in [0.1, 0.15) is 12.8 Å². The highest BCUT2D eigenvalue weighted by molar-refractivity contribution is 5.89. The molecule has 1 aliphatic heterocycles. The molecule has 0 saturated carbocycles. The highest BCUT2D eigenvalue weighted by Crippen LogP contribution is 2.28. The summed E-state index contributed by atoms with van der Waals surface area (Å²) < 4.78 is 26.7. The van der Waals surface area contributed by atoms with Gasteiger partial charge in [-0.15, -0.1) is 0 Å². The van der Waals surface area contributed by atoms with Gasteiger partial charge in [0.05, 0.1) is 5.52 Å². The van der Waals surface area contributed by atoms with Gasteiger partial charge in [-0.3, -0.25) is 0 Å². The van der Waals surface area contributed by atoms with Gasteiger partial charge < -0.3 is 10.0 Å². The Hall–Kier alpha value is -1.82. The predicted octanol–water partition coefficient (Wildman–Crippen LogP) is 2.12. The average Bonchev–Trinajstić information content (AvgIpc) is 2.48. The first-order valence-corrected chi connectivity index (χ1v) is 6.64. The van der Waals surface area contributed by atoms with E-state index in [2.05, 4.69) is 9.97 Å². The van der Waals surface area contributed by atoms with Gasteiger partial charge in [0.2, 0.25) is 0 Å². The lowest BCUT2D eigenvalue weighted by molar-refractivity contribution is 0.208. The quantitative estimate of drug-likeness (QED) is 0.914. The van der Waals surface area contributed by atoms with Crippen molar-refractivity contribution in [2.24, 2.45) is 5.92 Å². The van der Waals surface area contributed by atoms with Crippen molar-refractivity contribution >= 4 is 16.7 Å². The third-order valence-corrected chi connectivity index (χ3v) is 3.73. The van der Waals surface area contributed by atoms with E-state index in [9.17, 15) is 13.9 Å². The van der Waals surface area contributed by atoms with Gasteiger partial charge in [-0.25, -0.2) is 18.7 Å². The van der Waals surface area contributed by atoms with E-state index in [1.807, 2.05) is 4.90 Å². The molecule has 106 valence electrons. The normalized spacial score (nSPS) is 19.6. The van der Waals surface area contributed by atoms with E-state index < -0.39 is 11.6 Å². The number of hydrogen-bond acceptors (Lipinski definition) is 4. The summed E-state index contributed by atoms with van der Waals surface area (Å²) in [4.78, 5) is 10.2. The van der Waals surface area contributed by atoms with Gasteiger partial charge in [-0.2, -0.15) is 0 Å². The Morgan fingerprint density at radius 2 is 2.05 bits per heavy atom. The molecule has 1 aromatic heterocycles. The standard InChI is InChI=1S/C14H15F2N3O/c15-11-4-10-13(5-12(11)16)17-8-18-14(10)19-3-1-2-9(6-19)7-20/h4-5,8-9,20H,1-3,6-7H2/t9-/m1/s1. The zero-order valence-corrected chi connectivity index (χ0v) is 10.9. The lowest BCUT2D eigenvalue weighted by atomic mass is 9.99. The topological polar surface area (TPSA) is 49.2 Å².